The molecule has 2 aromatic heterocycles. The van der Waals surface area contributed by atoms with Crippen LogP contribution in [0.25, 0.3) is 11.2 Å². The maximum absolute atomic E-state index is 12.8. The third-order valence-corrected chi connectivity index (χ3v) is 5.19. The smallest absolute Gasteiger partial charge is 0.300 e. The SMILES string of the molecule is Cc1c(Cl)cccc1Nc1nc(=O)c2c(ncn2CCO)n1Cc1ccccc1. The molecule has 0 fully saturated rings. The first kappa shape index (κ1) is 19.2. The van der Waals surface area contributed by atoms with Gasteiger partial charge in [0.2, 0.25) is 5.95 Å². The van der Waals surface area contributed by atoms with Gasteiger partial charge in [0.1, 0.15) is 0 Å². The predicted octanol–water partition coefficient (Wildman–Crippen LogP) is 3.34. The summed E-state index contributed by atoms with van der Waals surface area (Å²) in [6, 6.07) is 15.4. The Bertz CT molecular complexity index is 1220. The van der Waals surface area contributed by atoms with Gasteiger partial charge in [0.05, 0.1) is 19.5 Å². The Morgan fingerprint density at radius 1 is 1.14 bits per heavy atom. The molecule has 0 aliphatic rings. The molecular formula is C21H20ClN5O2. The van der Waals surface area contributed by atoms with Crippen molar-refractivity contribution in [3.8, 4) is 0 Å². The molecule has 0 spiro atoms. The van der Waals surface area contributed by atoms with Crippen LogP contribution in [0.5, 0.6) is 0 Å². The Labute approximate surface area is 172 Å². The second-order valence-electron chi connectivity index (χ2n) is 6.68. The number of rotatable bonds is 6. The molecule has 0 aliphatic carbocycles. The Morgan fingerprint density at radius 2 is 1.93 bits per heavy atom. The number of benzene rings is 2. The van der Waals surface area contributed by atoms with E-state index in [1.54, 1.807) is 10.9 Å². The van der Waals surface area contributed by atoms with Gasteiger partial charge in [0.15, 0.2) is 11.2 Å². The van der Waals surface area contributed by atoms with Gasteiger partial charge in [-0.25, -0.2) is 4.98 Å². The Kier molecular flexibility index (Phi) is 5.33. The van der Waals surface area contributed by atoms with E-state index in [0.717, 1.165) is 16.8 Å². The number of halogens is 1. The molecule has 4 rings (SSSR count). The molecule has 29 heavy (non-hydrogen) atoms. The van der Waals surface area contributed by atoms with E-state index in [-0.39, 0.29) is 13.2 Å². The van der Waals surface area contributed by atoms with Gasteiger partial charge in [-0.3, -0.25) is 9.36 Å². The number of aliphatic hydroxyl groups excluding tert-OH is 1. The lowest BCUT2D eigenvalue weighted by atomic mass is 10.2. The van der Waals surface area contributed by atoms with E-state index >= 15 is 0 Å². The predicted molar refractivity (Wildman–Crippen MR) is 114 cm³/mol. The first-order valence-electron chi connectivity index (χ1n) is 9.21. The lowest BCUT2D eigenvalue weighted by Gasteiger charge is -2.16. The summed E-state index contributed by atoms with van der Waals surface area (Å²) in [6.07, 6.45) is 1.56. The second-order valence-corrected chi connectivity index (χ2v) is 7.09. The van der Waals surface area contributed by atoms with Gasteiger partial charge >= 0.3 is 5.56 Å². The number of aliphatic hydroxyl groups is 1. The molecule has 0 atom stereocenters. The molecule has 7 nitrogen and oxygen atoms in total. The van der Waals surface area contributed by atoms with Crippen molar-refractivity contribution in [1.82, 2.24) is 19.1 Å². The van der Waals surface area contributed by atoms with Gasteiger partial charge in [-0.15, -0.1) is 0 Å². The van der Waals surface area contributed by atoms with E-state index in [2.05, 4.69) is 15.3 Å². The van der Waals surface area contributed by atoms with Gasteiger partial charge in [-0.2, -0.15) is 4.98 Å². The van der Waals surface area contributed by atoms with Crippen LogP contribution in [0, 0.1) is 6.92 Å². The fraction of sp³-hybridized carbons (Fsp3) is 0.190. The Hall–Kier alpha value is -3.16. The van der Waals surface area contributed by atoms with Crippen LogP contribution in [0.15, 0.2) is 59.7 Å². The number of imidazole rings is 1. The normalized spacial score (nSPS) is 11.1. The minimum absolute atomic E-state index is 0.0920. The highest BCUT2D eigenvalue weighted by Crippen LogP contribution is 2.26. The summed E-state index contributed by atoms with van der Waals surface area (Å²) in [4.78, 5) is 21.5. The molecule has 2 aromatic carbocycles. The number of hydrogen-bond acceptors (Lipinski definition) is 5. The highest BCUT2D eigenvalue weighted by Gasteiger charge is 2.17. The number of fused-ring (bicyclic) bond motifs is 1. The summed E-state index contributed by atoms with van der Waals surface area (Å²) < 4.78 is 3.49. The van der Waals surface area contributed by atoms with Crippen molar-refractivity contribution in [2.24, 2.45) is 0 Å². The molecule has 8 heteroatoms. The van der Waals surface area contributed by atoms with Crippen molar-refractivity contribution < 1.29 is 5.11 Å². The van der Waals surface area contributed by atoms with Crippen molar-refractivity contribution in [2.45, 2.75) is 20.0 Å². The summed E-state index contributed by atoms with van der Waals surface area (Å²) in [5, 5.41) is 13.2. The molecular weight excluding hydrogens is 390 g/mol. The average Bonchev–Trinajstić information content (AvgIpc) is 3.14. The number of nitrogens with zero attached hydrogens (tertiary/aromatic N) is 4. The highest BCUT2D eigenvalue weighted by molar-refractivity contribution is 6.31. The molecule has 2 N–H and O–H groups in total. The third kappa shape index (κ3) is 3.74. The first-order valence-corrected chi connectivity index (χ1v) is 9.59. The van der Waals surface area contributed by atoms with Crippen LogP contribution < -0.4 is 10.9 Å². The third-order valence-electron chi connectivity index (χ3n) is 4.78. The van der Waals surface area contributed by atoms with Crippen LogP contribution in [-0.4, -0.2) is 30.8 Å². The minimum Gasteiger partial charge on any atom is -0.395 e. The molecule has 148 valence electrons. The molecule has 4 aromatic rings. The fourth-order valence-corrected chi connectivity index (χ4v) is 3.42. The lowest BCUT2D eigenvalue weighted by molar-refractivity contribution is 0.277. The minimum atomic E-state index is -0.405. The topological polar surface area (TPSA) is 85.0 Å². The van der Waals surface area contributed by atoms with Crippen molar-refractivity contribution in [3.63, 3.8) is 0 Å². The van der Waals surface area contributed by atoms with Crippen LogP contribution >= 0.6 is 11.6 Å². The molecule has 0 saturated carbocycles. The van der Waals surface area contributed by atoms with E-state index in [4.69, 9.17) is 11.6 Å². The van der Waals surface area contributed by atoms with E-state index in [1.807, 2.05) is 60.0 Å². The van der Waals surface area contributed by atoms with Crippen LogP contribution in [0.4, 0.5) is 11.6 Å². The zero-order chi connectivity index (χ0) is 20.4. The lowest BCUT2D eigenvalue weighted by Crippen LogP contribution is -2.20. The van der Waals surface area contributed by atoms with Crippen LogP contribution in [-0.2, 0) is 13.1 Å². The average molecular weight is 410 g/mol. The van der Waals surface area contributed by atoms with E-state index in [1.165, 1.54) is 0 Å². The molecule has 0 aliphatic heterocycles. The van der Waals surface area contributed by atoms with Gasteiger partial charge in [0.25, 0.3) is 0 Å². The van der Waals surface area contributed by atoms with Gasteiger partial charge < -0.3 is 15.0 Å². The van der Waals surface area contributed by atoms with Crippen molar-refractivity contribution >= 4 is 34.4 Å². The van der Waals surface area contributed by atoms with Gasteiger partial charge in [0, 0.05) is 17.3 Å². The van der Waals surface area contributed by atoms with Crippen molar-refractivity contribution in [1.29, 1.82) is 0 Å². The van der Waals surface area contributed by atoms with Gasteiger partial charge in [-0.05, 0) is 30.2 Å². The monoisotopic (exact) mass is 409 g/mol. The van der Waals surface area contributed by atoms with Crippen molar-refractivity contribution in [2.75, 3.05) is 11.9 Å². The van der Waals surface area contributed by atoms with Crippen molar-refractivity contribution in [3.05, 3.63) is 81.4 Å². The first-order chi connectivity index (χ1) is 14.1. The standard InChI is InChI=1S/C21H20ClN5O2/c1-14-16(22)8-5-9-17(14)24-21-25-20(29)18-19(23-13-26(18)10-11-28)27(21)12-15-6-3-2-4-7-15/h2-9,13,28H,10-12H2,1H3,(H,24,25,29). The van der Waals surface area contributed by atoms with Crippen LogP contribution in [0.3, 0.4) is 0 Å². The Morgan fingerprint density at radius 3 is 2.69 bits per heavy atom. The molecule has 0 amide bonds. The zero-order valence-corrected chi connectivity index (χ0v) is 16.6. The molecule has 0 radical (unpaired) electrons. The Balaban J connectivity index is 1.89. The number of aromatic nitrogens is 4. The summed E-state index contributed by atoms with van der Waals surface area (Å²) >= 11 is 6.25. The van der Waals surface area contributed by atoms with Crippen LogP contribution in [0.1, 0.15) is 11.1 Å². The maximum Gasteiger partial charge on any atom is 0.300 e. The van der Waals surface area contributed by atoms with E-state index in [0.29, 0.717) is 28.7 Å². The summed E-state index contributed by atoms with van der Waals surface area (Å²) in [5.41, 5.74) is 3.13. The van der Waals surface area contributed by atoms with Gasteiger partial charge in [-0.1, -0.05) is 48.0 Å². The summed E-state index contributed by atoms with van der Waals surface area (Å²) in [5.74, 6) is 0.381. The quantitative estimate of drug-likeness (QED) is 0.510. The van der Waals surface area contributed by atoms with E-state index < -0.39 is 5.56 Å². The molecule has 0 bridgehead atoms. The summed E-state index contributed by atoms with van der Waals surface area (Å²) in [7, 11) is 0. The fourth-order valence-electron chi connectivity index (χ4n) is 3.25. The largest absolute Gasteiger partial charge is 0.395 e. The number of anilines is 2. The second kappa shape index (κ2) is 8.06. The molecule has 0 unspecified atom stereocenters. The van der Waals surface area contributed by atoms with E-state index in [9.17, 15) is 9.90 Å². The number of hydrogen-bond donors (Lipinski definition) is 2. The number of nitrogens with one attached hydrogen (secondary N) is 1. The molecule has 0 saturated heterocycles. The zero-order valence-electron chi connectivity index (χ0n) is 15.8. The maximum atomic E-state index is 12.8. The van der Waals surface area contributed by atoms with Crippen LogP contribution in [0.2, 0.25) is 5.02 Å². The molecule has 2 heterocycles. The summed E-state index contributed by atoms with van der Waals surface area (Å²) in [6.45, 7) is 2.56. The highest BCUT2D eigenvalue weighted by atomic mass is 35.5.